The topological polar surface area (TPSA) is 109 Å². The van der Waals surface area contributed by atoms with Crippen molar-refractivity contribution in [2.45, 2.75) is 44.4 Å². The number of nitrogens with zero attached hydrogens (tertiary/aromatic N) is 1. The minimum atomic E-state index is -0.972. The maximum atomic E-state index is 14.3. The summed E-state index contributed by atoms with van der Waals surface area (Å²) in [5, 5.41) is 22.5. The fraction of sp³-hybridized carbons (Fsp3) is 0.250. The van der Waals surface area contributed by atoms with Crippen LogP contribution in [0, 0.1) is 17.5 Å². The first-order chi connectivity index (χ1) is 18.1. The largest absolute Gasteiger partial charge is 0.503 e. The summed E-state index contributed by atoms with van der Waals surface area (Å²) in [5.41, 5.74) is -0.160. The van der Waals surface area contributed by atoms with E-state index >= 15 is 0 Å². The average molecular weight is 527 g/mol. The van der Waals surface area contributed by atoms with E-state index in [0.717, 1.165) is 12.1 Å². The zero-order valence-corrected chi connectivity index (χ0v) is 20.2. The van der Waals surface area contributed by atoms with E-state index in [1.54, 1.807) is 0 Å². The van der Waals surface area contributed by atoms with E-state index in [-0.39, 0.29) is 18.5 Å². The Balaban J connectivity index is 1.67. The second-order valence-corrected chi connectivity index (χ2v) is 9.21. The first-order valence-corrected chi connectivity index (χ1v) is 12.0. The van der Waals surface area contributed by atoms with Gasteiger partial charge in [0.15, 0.2) is 11.5 Å². The molecule has 3 aromatic rings. The fourth-order valence-electron chi connectivity index (χ4n) is 4.38. The van der Waals surface area contributed by atoms with E-state index in [1.807, 2.05) is 0 Å². The number of aliphatic hydroxyl groups is 2. The summed E-state index contributed by atoms with van der Waals surface area (Å²) in [4.78, 5) is 38.5. The van der Waals surface area contributed by atoms with Gasteiger partial charge >= 0.3 is 0 Å². The number of aromatic nitrogens is 1. The molecule has 7 nitrogen and oxygen atoms in total. The van der Waals surface area contributed by atoms with E-state index in [0.29, 0.717) is 36.5 Å². The number of carbonyl (C=O) groups is 2. The lowest BCUT2D eigenvalue weighted by Gasteiger charge is -2.15. The third kappa shape index (κ3) is 6.38. The summed E-state index contributed by atoms with van der Waals surface area (Å²) in [6, 6.07) is 9.06. The van der Waals surface area contributed by atoms with E-state index in [1.165, 1.54) is 47.2 Å². The molecule has 0 unspecified atom stereocenters. The molecular weight excluding hydrogens is 501 g/mol. The molecule has 1 aromatic heterocycles. The highest BCUT2D eigenvalue weighted by molar-refractivity contribution is 6.08. The van der Waals surface area contributed by atoms with Crippen LogP contribution in [0.4, 0.5) is 13.2 Å². The lowest BCUT2D eigenvalue weighted by Crippen LogP contribution is -2.40. The second-order valence-electron chi connectivity index (χ2n) is 9.21. The molecule has 0 radical (unpaired) electrons. The summed E-state index contributed by atoms with van der Waals surface area (Å²) in [5.74, 6) is -4.91. The SMILES string of the molecule is O=C(N[C@@H]1CCC[C@H]1O)/C(O)=C/C(=O)c1cc(Cc2ccc(F)cc2F)cn(Cc2ccc(F)cc2)c1=O. The molecule has 1 aliphatic rings. The average Bonchev–Trinajstić information content (AvgIpc) is 3.28. The van der Waals surface area contributed by atoms with Gasteiger partial charge in [0, 0.05) is 24.8 Å². The Labute approximate surface area is 215 Å². The molecule has 2 aromatic carbocycles. The highest BCUT2D eigenvalue weighted by atomic mass is 19.1. The van der Waals surface area contributed by atoms with Crippen LogP contribution >= 0.6 is 0 Å². The van der Waals surface area contributed by atoms with Crippen LogP contribution in [0.5, 0.6) is 0 Å². The first kappa shape index (κ1) is 26.9. The minimum absolute atomic E-state index is 0.0467. The van der Waals surface area contributed by atoms with Crippen LogP contribution in [0.2, 0.25) is 0 Å². The van der Waals surface area contributed by atoms with Crippen molar-refractivity contribution in [3.05, 3.63) is 117 Å². The quantitative estimate of drug-likeness (QED) is 0.236. The van der Waals surface area contributed by atoms with Crippen molar-refractivity contribution in [3.63, 3.8) is 0 Å². The van der Waals surface area contributed by atoms with Gasteiger partial charge in [-0.2, -0.15) is 0 Å². The number of rotatable bonds is 8. The van der Waals surface area contributed by atoms with Gasteiger partial charge in [0.05, 0.1) is 24.3 Å². The zero-order valence-electron chi connectivity index (χ0n) is 20.2. The Morgan fingerprint density at radius 1 is 1.00 bits per heavy atom. The molecule has 1 saturated carbocycles. The van der Waals surface area contributed by atoms with Crippen LogP contribution in [-0.4, -0.2) is 38.6 Å². The van der Waals surface area contributed by atoms with Crippen molar-refractivity contribution in [2.24, 2.45) is 0 Å². The number of carbonyl (C=O) groups excluding carboxylic acids is 2. The predicted octanol–water partition coefficient (Wildman–Crippen LogP) is 3.56. The molecule has 0 saturated heterocycles. The Hall–Kier alpha value is -4.18. The van der Waals surface area contributed by atoms with Gasteiger partial charge in [-0.3, -0.25) is 14.4 Å². The number of hydrogen-bond donors (Lipinski definition) is 3. The summed E-state index contributed by atoms with van der Waals surface area (Å²) in [7, 11) is 0. The Morgan fingerprint density at radius 2 is 1.71 bits per heavy atom. The second kappa shape index (κ2) is 11.5. The van der Waals surface area contributed by atoms with E-state index in [9.17, 15) is 37.8 Å². The summed E-state index contributed by atoms with van der Waals surface area (Å²) >= 11 is 0. The van der Waals surface area contributed by atoms with Gasteiger partial charge in [-0.15, -0.1) is 0 Å². The van der Waals surface area contributed by atoms with Crippen molar-refractivity contribution in [3.8, 4) is 0 Å². The van der Waals surface area contributed by atoms with Crippen LogP contribution in [0.15, 0.2) is 71.4 Å². The Kier molecular flexibility index (Phi) is 8.11. The Morgan fingerprint density at radius 3 is 2.37 bits per heavy atom. The number of allylic oxidation sites excluding steroid dienone is 1. The van der Waals surface area contributed by atoms with Crippen molar-refractivity contribution in [1.82, 2.24) is 9.88 Å². The fourth-order valence-corrected chi connectivity index (χ4v) is 4.38. The van der Waals surface area contributed by atoms with Crippen LogP contribution in [0.25, 0.3) is 0 Å². The van der Waals surface area contributed by atoms with Gasteiger partial charge in [0.25, 0.3) is 11.5 Å². The smallest absolute Gasteiger partial charge is 0.286 e. The van der Waals surface area contributed by atoms with Gasteiger partial charge in [-0.1, -0.05) is 18.2 Å². The van der Waals surface area contributed by atoms with Gasteiger partial charge in [-0.25, -0.2) is 13.2 Å². The number of ketones is 1. The van der Waals surface area contributed by atoms with Crippen LogP contribution in [-0.2, 0) is 17.8 Å². The normalized spacial score (nSPS) is 17.4. The number of aliphatic hydroxyl groups excluding tert-OH is 2. The first-order valence-electron chi connectivity index (χ1n) is 12.0. The molecule has 10 heteroatoms. The van der Waals surface area contributed by atoms with E-state index in [4.69, 9.17) is 0 Å². The van der Waals surface area contributed by atoms with Gasteiger partial charge in [0.2, 0.25) is 0 Å². The predicted molar refractivity (Wildman–Crippen MR) is 132 cm³/mol. The molecule has 1 amide bonds. The molecule has 1 aliphatic carbocycles. The van der Waals surface area contributed by atoms with Gasteiger partial charge in [-0.05, 0) is 60.2 Å². The molecule has 2 atom stereocenters. The number of benzene rings is 2. The molecule has 0 spiro atoms. The molecule has 4 rings (SSSR count). The molecular formula is C28H25F3N2O5. The summed E-state index contributed by atoms with van der Waals surface area (Å²) in [6.45, 7) is -0.0467. The zero-order chi connectivity index (χ0) is 27.4. The highest BCUT2D eigenvalue weighted by Crippen LogP contribution is 2.19. The summed E-state index contributed by atoms with van der Waals surface area (Å²) in [6.07, 6.45) is 2.88. The third-order valence-corrected chi connectivity index (χ3v) is 6.38. The molecule has 38 heavy (non-hydrogen) atoms. The highest BCUT2D eigenvalue weighted by Gasteiger charge is 2.28. The molecule has 1 fully saturated rings. The lowest BCUT2D eigenvalue weighted by atomic mass is 10.0. The van der Waals surface area contributed by atoms with Gasteiger partial charge < -0.3 is 20.1 Å². The van der Waals surface area contributed by atoms with Crippen molar-refractivity contribution in [1.29, 1.82) is 0 Å². The van der Waals surface area contributed by atoms with Gasteiger partial charge in [0.1, 0.15) is 17.5 Å². The Bertz CT molecular complexity index is 1450. The number of nitrogens with one attached hydrogen (secondary N) is 1. The van der Waals surface area contributed by atoms with E-state index in [2.05, 4.69) is 5.32 Å². The van der Waals surface area contributed by atoms with Crippen molar-refractivity contribution >= 4 is 11.7 Å². The molecule has 3 N–H and O–H groups in total. The third-order valence-electron chi connectivity index (χ3n) is 6.38. The van der Waals surface area contributed by atoms with Crippen LogP contribution in [0.1, 0.15) is 46.3 Å². The monoisotopic (exact) mass is 526 g/mol. The van der Waals surface area contributed by atoms with Crippen molar-refractivity contribution < 1.29 is 33.0 Å². The lowest BCUT2D eigenvalue weighted by molar-refractivity contribution is -0.121. The molecule has 0 aliphatic heterocycles. The van der Waals surface area contributed by atoms with Crippen molar-refractivity contribution in [2.75, 3.05) is 0 Å². The number of halogens is 3. The molecule has 198 valence electrons. The maximum Gasteiger partial charge on any atom is 0.286 e. The van der Waals surface area contributed by atoms with Crippen LogP contribution < -0.4 is 10.9 Å². The minimum Gasteiger partial charge on any atom is -0.503 e. The molecule has 1 heterocycles. The maximum absolute atomic E-state index is 14.3. The number of pyridine rings is 1. The van der Waals surface area contributed by atoms with Crippen LogP contribution in [0.3, 0.4) is 0 Å². The van der Waals surface area contributed by atoms with E-state index < -0.39 is 58.2 Å². The standard InChI is InChI=1S/C28H25F3N2O5/c29-19-7-4-16(5-8-19)14-33-15-17(10-18-6-9-20(30)12-22(18)31)11-21(28(33)38)25(35)13-26(36)27(37)32-23-2-1-3-24(23)34/h4-9,11-13,15,23-24,34,36H,1-3,10,14H2,(H,32,37)/b26-13-/t23-,24-/m1/s1. The molecule has 0 bridgehead atoms. The summed E-state index contributed by atoms with van der Waals surface area (Å²) < 4.78 is 42.2. The number of amides is 1. The number of hydrogen-bond acceptors (Lipinski definition) is 5.